The van der Waals surface area contributed by atoms with Crippen molar-refractivity contribution in [3.8, 4) is 0 Å². The number of non-ortho nitro benzene ring substituents is 2. The number of anilines is 2. The summed E-state index contributed by atoms with van der Waals surface area (Å²) in [6.07, 6.45) is 0. The predicted molar refractivity (Wildman–Crippen MR) is 200 cm³/mol. The third-order valence-corrected chi connectivity index (χ3v) is 10.6. The van der Waals surface area contributed by atoms with Crippen LogP contribution in [0.4, 0.5) is 22.7 Å². The van der Waals surface area contributed by atoms with Crippen molar-refractivity contribution >= 4 is 43.0 Å². The zero-order chi connectivity index (χ0) is 38.5. The van der Waals surface area contributed by atoms with Crippen LogP contribution in [0, 0.1) is 20.2 Å². The Kier molecular flexibility index (Phi) is 11.6. The monoisotopic (exact) mass is 760 g/mol. The number of hydrogen-bond acceptors (Lipinski definition) is 10. The molecule has 0 radical (unpaired) electrons. The summed E-state index contributed by atoms with van der Waals surface area (Å²) < 4.78 is 69.3. The highest BCUT2D eigenvalue weighted by Gasteiger charge is 2.28. The Morgan fingerprint density at radius 3 is 1.30 bits per heavy atom. The average molecular weight is 761 g/mol. The lowest BCUT2D eigenvalue weighted by Crippen LogP contribution is -2.22. The summed E-state index contributed by atoms with van der Waals surface area (Å²) in [5, 5.41) is 22.2. The Hall–Kier alpha value is -5.68. The lowest BCUT2D eigenvalue weighted by atomic mass is 9.85. The molecule has 0 atom stereocenters. The first-order valence-corrected chi connectivity index (χ1v) is 19.2. The van der Waals surface area contributed by atoms with Crippen molar-refractivity contribution < 1.29 is 35.8 Å². The van der Waals surface area contributed by atoms with Crippen LogP contribution < -0.4 is 9.80 Å². The Morgan fingerprint density at radius 1 is 0.585 bits per heavy atom. The van der Waals surface area contributed by atoms with Crippen molar-refractivity contribution in [1.82, 2.24) is 0 Å². The van der Waals surface area contributed by atoms with E-state index < -0.39 is 45.8 Å². The first-order chi connectivity index (χ1) is 25.1. The highest BCUT2D eigenvalue weighted by Crippen LogP contribution is 2.38. The fourth-order valence-corrected chi connectivity index (χ4v) is 7.44. The second kappa shape index (κ2) is 15.9. The standard InChI is InChI=1S/C37H36N4O10S2/c1-3-38(24-26-5-13-32(14-6-26)40(42)43)30-17-9-28(10-18-30)37(35-22-21-34(52(46,47)48)23-36(35)53(49,50)51)29-11-19-31(20-12-29)39(4-2)25-27-7-15-33(16-8-27)41(44)45/h5-23,37H,3-4,24-25H2,1-2H3,(H,46,47,48)(H,49,50,51). The van der Waals surface area contributed by atoms with E-state index in [1.807, 2.05) is 47.9 Å². The maximum atomic E-state index is 12.7. The summed E-state index contributed by atoms with van der Waals surface area (Å²) in [6, 6.07) is 30.1. The van der Waals surface area contributed by atoms with Crippen LogP contribution >= 0.6 is 0 Å². The number of rotatable bonds is 15. The van der Waals surface area contributed by atoms with Gasteiger partial charge in [0, 0.05) is 67.7 Å². The molecule has 0 aliphatic rings. The van der Waals surface area contributed by atoms with E-state index in [9.17, 15) is 46.2 Å². The molecule has 5 rings (SSSR count). The minimum atomic E-state index is -4.99. The number of hydrogen-bond donors (Lipinski definition) is 2. The van der Waals surface area contributed by atoms with E-state index >= 15 is 0 Å². The van der Waals surface area contributed by atoms with Gasteiger partial charge in [0.15, 0.2) is 0 Å². The predicted octanol–water partition coefficient (Wildman–Crippen LogP) is 7.23. The van der Waals surface area contributed by atoms with E-state index in [-0.39, 0.29) is 16.9 Å². The zero-order valence-corrected chi connectivity index (χ0v) is 30.3. The van der Waals surface area contributed by atoms with Gasteiger partial charge in [-0.25, -0.2) is 0 Å². The van der Waals surface area contributed by atoms with E-state index in [0.29, 0.717) is 37.3 Å². The number of nitrogens with zero attached hydrogens (tertiary/aromatic N) is 4. The maximum Gasteiger partial charge on any atom is 0.294 e. The van der Waals surface area contributed by atoms with Crippen LogP contribution in [0.1, 0.15) is 47.6 Å². The van der Waals surface area contributed by atoms with Crippen molar-refractivity contribution in [2.75, 3.05) is 22.9 Å². The quantitative estimate of drug-likeness (QED) is 0.0470. The number of nitro benzene ring substituents is 2. The molecule has 2 N–H and O–H groups in total. The van der Waals surface area contributed by atoms with Gasteiger partial charge < -0.3 is 9.80 Å². The van der Waals surface area contributed by atoms with Gasteiger partial charge in [-0.15, -0.1) is 0 Å². The molecule has 0 saturated heterocycles. The lowest BCUT2D eigenvalue weighted by Gasteiger charge is -2.26. The van der Waals surface area contributed by atoms with Crippen LogP contribution in [-0.4, -0.2) is 48.9 Å². The molecule has 0 unspecified atom stereocenters. The van der Waals surface area contributed by atoms with E-state index in [0.717, 1.165) is 34.6 Å². The van der Waals surface area contributed by atoms with E-state index in [2.05, 4.69) is 0 Å². The highest BCUT2D eigenvalue weighted by atomic mass is 32.2. The molecule has 0 bridgehead atoms. The molecule has 0 heterocycles. The van der Waals surface area contributed by atoms with Crippen LogP contribution in [0.25, 0.3) is 0 Å². The average Bonchev–Trinajstić information content (AvgIpc) is 3.13. The molecule has 0 aliphatic heterocycles. The van der Waals surface area contributed by atoms with Crippen LogP contribution in [0.5, 0.6) is 0 Å². The molecule has 5 aromatic rings. The summed E-state index contributed by atoms with van der Waals surface area (Å²) in [7, 11) is -9.80. The second-order valence-electron chi connectivity index (χ2n) is 12.1. The summed E-state index contributed by atoms with van der Waals surface area (Å²) >= 11 is 0. The largest absolute Gasteiger partial charge is 0.367 e. The third kappa shape index (κ3) is 9.22. The SMILES string of the molecule is CCN(Cc1ccc([N+](=O)[O-])cc1)c1ccc(C(c2ccc(N(CC)Cc3ccc([N+](=O)[O-])cc3)cc2)c2ccc(S(=O)(=O)O)cc2S(=O)(=O)O)cc1. The first-order valence-electron chi connectivity index (χ1n) is 16.3. The molecule has 0 fully saturated rings. The lowest BCUT2D eigenvalue weighted by molar-refractivity contribution is -0.385. The van der Waals surface area contributed by atoms with Crippen LogP contribution in [0.2, 0.25) is 0 Å². The highest BCUT2D eigenvalue weighted by molar-refractivity contribution is 7.86. The van der Waals surface area contributed by atoms with Gasteiger partial charge in [0.1, 0.15) is 0 Å². The minimum absolute atomic E-state index is 0.0130. The third-order valence-electron chi connectivity index (χ3n) is 8.86. The Bertz CT molecular complexity index is 2210. The summed E-state index contributed by atoms with van der Waals surface area (Å²) in [5.74, 6) is -0.833. The maximum absolute atomic E-state index is 12.7. The summed E-state index contributed by atoms with van der Waals surface area (Å²) in [4.78, 5) is 23.9. The summed E-state index contributed by atoms with van der Waals surface area (Å²) in [5.41, 5.74) is 4.58. The van der Waals surface area contributed by atoms with Gasteiger partial charge in [-0.1, -0.05) is 54.6 Å². The fraction of sp³-hybridized carbons (Fsp3) is 0.189. The Labute approximate surface area is 306 Å². The Morgan fingerprint density at radius 2 is 0.981 bits per heavy atom. The van der Waals surface area contributed by atoms with Crippen molar-refractivity contribution in [2.24, 2.45) is 0 Å². The molecule has 5 aromatic carbocycles. The van der Waals surface area contributed by atoms with E-state index in [1.165, 1.54) is 30.3 Å². The fourth-order valence-electron chi connectivity index (χ4n) is 6.10. The first kappa shape index (κ1) is 38.5. The summed E-state index contributed by atoms with van der Waals surface area (Å²) in [6.45, 7) is 6.02. The molecule has 0 spiro atoms. The molecule has 0 aromatic heterocycles. The van der Waals surface area contributed by atoms with Crippen LogP contribution in [-0.2, 0) is 33.3 Å². The van der Waals surface area contributed by atoms with Gasteiger partial charge in [-0.2, -0.15) is 16.8 Å². The molecule has 276 valence electrons. The van der Waals surface area contributed by atoms with Gasteiger partial charge in [-0.3, -0.25) is 29.3 Å². The molecule has 14 nitrogen and oxygen atoms in total. The Balaban J connectivity index is 1.54. The van der Waals surface area contributed by atoms with Gasteiger partial charge in [0.25, 0.3) is 31.6 Å². The van der Waals surface area contributed by atoms with Crippen LogP contribution in [0.3, 0.4) is 0 Å². The number of benzene rings is 5. The van der Waals surface area contributed by atoms with Crippen LogP contribution in [0.15, 0.2) is 125 Å². The van der Waals surface area contributed by atoms with Crippen molar-refractivity contribution in [3.63, 3.8) is 0 Å². The van der Waals surface area contributed by atoms with Gasteiger partial charge in [0.2, 0.25) is 0 Å². The number of nitro groups is 2. The molecular formula is C37H36N4O10S2. The normalized spacial score (nSPS) is 11.7. The molecule has 53 heavy (non-hydrogen) atoms. The van der Waals surface area contributed by atoms with Gasteiger partial charge in [0.05, 0.1) is 19.6 Å². The molecule has 0 saturated carbocycles. The molecular weight excluding hydrogens is 725 g/mol. The zero-order valence-electron chi connectivity index (χ0n) is 28.6. The van der Waals surface area contributed by atoms with Crippen molar-refractivity contribution in [2.45, 2.75) is 42.6 Å². The smallest absolute Gasteiger partial charge is 0.294 e. The molecule has 0 aliphatic carbocycles. The van der Waals surface area contributed by atoms with Gasteiger partial charge >= 0.3 is 0 Å². The van der Waals surface area contributed by atoms with E-state index in [4.69, 9.17) is 0 Å². The van der Waals surface area contributed by atoms with Crippen molar-refractivity contribution in [1.29, 1.82) is 0 Å². The van der Waals surface area contributed by atoms with Gasteiger partial charge in [-0.05, 0) is 78.1 Å². The van der Waals surface area contributed by atoms with E-state index in [1.54, 1.807) is 48.5 Å². The van der Waals surface area contributed by atoms with Crippen molar-refractivity contribution in [3.05, 3.63) is 163 Å². The molecule has 0 amide bonds. The second-order valence-corrected chi connectivity index (χ2v) is 15.0. The molecule has 16 heteroatoms. The minimum Gasteiger partial charge on any atom is -0.367 e. The topological polar surface area (TPSA) is 201 Å².